The zero-order valence-electron chi connectivity index (χ0n) is 22.2. The molecule has 0 unspecified atom stereocenters. The number of carbonyl (C=O) groups is 2. The lowest BCUT2D eigenvalue weighted by molar-refractivity contribution is -0.116. The van der Waals surface area contributed by atoms with Crippen molar-refractivity contribution in [3.05, 3.63) is 69.8 Å². The maximum Gasteiger partial charge on any atom is 0.322 e. The monoisotopic (exact) mass is 543 g/mol. The Hall–Kier alpha value is -3.03. The quantitative estimate of drug-likeness (QED) is 0.316. The molecule has 3 rings (SSSR count). The molecule has 9 heteroatoms. The molecular weight excluding hydrogens is 509 g/mol. The van der Waals surface area contributed by atoms with Gasteiger partial charge in [0.2, 0.25) is 5.91 Å². The van der Waals surface area contributed by atoms with Crippen LogP contribution >= 0.6 is 23.2 Å². The molecule has 3 amide bonds. The molecule has 1 heterocycles. The van der Waals surface area contributed by atoms with E-state index in [2.05, 4.69) is 17.6 Å². The number of aryl methyl sites for hydroxylation is 1. The second-order valence-corrected chi connectivity index (χ2v) is 11.3. The van der Waals surface area contributed by atoms with Crippen LogP contribution in [0.4, 0.5) is 16.3 Å². The van der Waals surface area contributed by atoms with Gasteiger partial charge in [-0.05, 0) is 48.2 Å². The van der Waals surface area contributed by atoms with Gasteiger partial charge in [0.1, 0.15) is 12.4 Å². The van der Waals surface area contributed by atoms with Gasteiger partial charge < -0.3 is 15.5 Å². The van der Waals surface area contributed by atoms with Crippen molar-refractivity contribution in [2.75, 3.05) is 23.7 Å². The van der Waals surface area contributed by atoms with Crippen LogP contribution in [0.25, 0.3) is 5.69 Å². The van der Waals surface area contributed by atoms with Gasteiger partial charge in [-0.3, -0.25) is 4.79 Å². The van der Waals surface area contributed by atoms with Crippen molar-refractivity contribution >= 4 is 46.6 Å². The smallest absolute Gasteiger partial charge is 0.315 e. The molecule has 0 saturated heterocycles. The third kappa shape index (κ3) is 7.73. The van der Waals surface area contributed by atoms with Crippen molar-refractivity contribution in [1.29, 1.82) is 0 Å². The van der Waals surface area contributed by atoms with Crippen LogP contribution in [0.2, 0.25) is 10.0 Å². The van der Waals surface area contributed by atoms with Crippen molar-refractivity contribution < 1.29 is 9.59 Å². The third-order valence-electron chi connectivity index (χ3n) is 5.69. The Balaban J connectivity index is 1.83. The van der Waals surface area contributed by atoms with Crippen LogP contribution in [0.3, 0.4) is 0 Å². The number of carbonyl (C=O) groups excluding carboxylic acids is 2. The van der Waals surface area contributed by atoms with Gasteiger partial charge in [0, 0.05) is 23.7 Å². The summed E-state index contributed by atoms with van der Waals surface area (Å²) < 4.78 is 1.63. The van der Waals surface area contributed by atoms with Gasteiger partial charge in [0.05, 0.1) is 21.4 Å². The molecule has 0 radical (unpaired) electrons. The van der Waals surface area contributed by atoms with Crippen LogP contribution in [-0.2, 0) is 16.6 Å². The van der Waals surface area contributed by atoms with Crippen LogP contribution in [-0.4, -0.2) is 39.7 Å². The van der Waals surface area contributed by atoms with Crippen LogP contribution < -0.4 is 10.6 Å². The molecule has 0 saturated carbocycles. The number of halogens is 2. The fraction of sp³-hybridized carbons (Fsp3) is 0.393. The van der Waals surface area contributed by atoms with Crippen LogP contribution in [0.15, 0.2) is 48.5 Å². The van der Waals surface area contributed by atoms with E-state index in [-0.39, 0.29) is 29.8 Å². The molecule has 37 heavy (non-hydrogen) atoms. The number of anilines is 2. The predicted octanol–water partition coefficient (Wildman–Crippen LogP) is 7.17. The average molecular weight is 545 g/mol. The molecule has 2 N–H and O–H groups in total. The van der Waals surface area contributed by atoms with E-state index >= 15 is 0 Å². The second-order valence-electron chi connectivity index (χ2n) is 10.5. The van der Waals surface area contributed by atoms with E-state index in [1.165, 1.54) is 4.90 Å². The van der Waals surface area contributed by atoms with Crippen molar-refractivity contribution in [2.45, 2.75) is 53.4 Å². The lowest BCUT2D eigenvalue weighted by Crippen LogP contribution is -2.42. The summed E-state index contributed by atoms with van der Waals surface area (Å²) in [5.41, 5.74) is 3.02. The minimum absolute atomic E-state index is 0.116. The van der Waals surface area contributed by atoms with Gasteiger partial charge in [-0.25, -0.2) is 9.48 Å². The molecule has 198 valence electrons. The summed E-state index contributed by atoms with van der Waals surface area (Å²) in [5.74, 6) is 0.323. The third-order valence-corrected chi connectivity index (χ3v) is 6.43. The second kappa shape index (κ2) is 12.0. The Morgan fingerprint density at radius 2 is 1.76 bits per heavy atom. The van der Waals surface area contributed by atoms with Gasteiger partial charge in [0.15, 0.2) is 0 Å². The molecule has 3 aromatic rings. The standard InChI is InChI=1S/C28H35Cl2N5O2/c1-7-19-9-8-10-20(13-19)31-27(37)34(16-18(2)3)17-26(36)32-25-15-24(28(4,5)6)33-35(25)21-11-12-22(29)23(30)14-21/h8-15,18H,7,16-17H2,1-6H3,(H,31,37)(H,32,36). The number of rotatable bonds is 8. The van der Waals surface area contributed by atoms with Crippen molar-refractivity contribution in [1.82, 2.24) is 14.7 Å². The lowest BCUT2D eigenvalue weighted by Gasteiger charge is -2.24. The average Bonchev–Trinajstić information content (AvgIpc) is 3.24. The highest BCUT2D eigenvalue weighted by atomic mass is 35.5. The summed E-state index contributed by atoms with van der Waals surface area (Å²) in [6, 6.07) is 14.4. The van der Waals surface area contributed by atoms with E-state index < -0.39 is 0 Å². The van der Waals surface area contributed by atoms with Crippen molar-refractivity contribution in [2.24, 2.45) is 5.92 Å². The largest absolute Gasteiger partial charge is 0.322 e. The summed E-state index contributed by atoms with van der Waals surface area (Å²) in [6.45, 7) is 12.5. The summed E-state index contributed by atoms with van der Waals surface area (Å²) in [6.07, 6.45) is 0.866. The van der Waals surface area contributed by atoms with E-state index in [4.69, 9.17) is 28.3 Å². The van der Waals surface area contributed by atoms with E-state index in [1.54, 1.807) is 22.9 Å². The number of amides is 3. The SMILES string of the molecule is CCc1cccc(NC(=O)N(CC(=O)Nc2cc(C(C)(C)C)nn2-c2ccc(Cl)c(Cl)c2)CC(C)C)c1. The normalized spacial score (nSPS) is 11.5. The highest BCUT2D eigenvalue weighted by Crippen LogP contribution is 2.29. The first kappa shape index (κ1) is 28.5. The summed E-state index contributed by atoms with van der Waals surface area (Å²) in [7, 11) is 0. The molecule has 0 aliphatic rings. The number of aromatic nitrogens is 2. The predicted molar refractivity (Wildman–Crippen MR) is 152 cm³/mol. The molecule has 7 nitrogen and oxygen atoms in total. The minimum Gasteiger partial charge on any atom is -0.315 e. The maximum atomic E-state index is 13.2. The highest BCUT2D eigenvalue weighted by Gasteiger charge is 2.24. The molecule has 0 aliphatic carbocycles. The van der Waals surface area contributed by atoms with Gasteiger partial charge in [-0.1, -0.05) is 76.9 Å². The van der Waals surface area contributed by atoms with E-state index in [9.17, 15) is 9.59 Å². The van der Waals surface area contributed by atoms with E-state index in [1.807, 2.05) is 65.0 Å². The van der Waals surface area contributed by atoms with Gasteiger partial charge in [-0.2, -0.15) is 5.10 Å². The number of hydrogen-bond donors (Lipinski definition) is 2. The molecule has 0 atom stereocenters. The Morgan fingerprint density at radius 1 is 1.03 bits per heavy atom. The van der Waals surface area contributed by atoms with Crippen LogP contribution in [0.1, 0.15) is 52.8 Å². The zero-order valence-corrected chi connectivity index (χ0v) is 23.7. The minimum atomic E-state index is -0.334. The van der Waals surface area contributed by atoms with Crippen molar-refractivity contribution in [3.63, 3.8) is 0 Å². The fourth-order valence-corrected chi connectivity index (χ4v) is 4.03. The Morgan fingerprint density at radius 3 is 2.38 bits per heavy atom. The first-order valence-electron chi connectivity index (χ1n) is 12.4. The topological polar surface area (TPSA) is 79.3 Å². The molecule has 1 aromatic heterocycles. The van der Waals surface area contributed by atoms with Gasteiger partial charge in [0.25, 0.3) is 0 Å². The number of hydrogen-bond acceptors (Lipinski definition) is 3. The zero-order chi connectivity index (χ0) is 27.3. The maximum absolute atomic E-state index is 13.2. The first-order valence-corrected chi connectivity index (χ1v) is 13.1. The Kier molecular flexibility index (Phi) is 9.26. The van der Waals surface area contributed by atoms with E-state index in [0.29, 0.717) is 33.8 Å². The summed E-state index contributed by atoms with van der Waals surface area (Å²) in [4.78, 5) is 27.8. The van der Waals surface area contributed by atoms with E-state index in [0.717, 1.165) is 17.7 Å². The summed E-state index contributed by atoms with van der Waals surface area (Å²) >= 11 is 12.3. The van der Waals surface area contributed by atoms with Crippen LogP contribution in [0, 0.1) is 5.92 Å². The molecule has 0 spiro atoms. The number of benzene rings is 2. The number of nitrogens with one attached hydrogen (secondary N) is 2. The molecular formula is C28H35Cl2N5O2. The summed E-state index contributed by atoms with van der Waals surface area (Å²) in [5, 5.41) is 11.4. The van der Waals surface area contributed by atoms with Crippen LogP contribution in [0.5, 0.6) is 0 Å². The van der Waals surface area contributed by atoms with Gasteiger partial charge in [-0.15, -0.1) is 0 Å². The number of urea groups is 1. The van der Waals surface area contributed by atoms with Gasteiger partial charge >= 0.3 is 6.03 Å². The number of nitrogens with zero attached hydrogens (tertiary/aromatic N) is 3. The molecule has 0 aliphatic heterocycles. The van der Waals surface area contributed by atoms with Crippen molar-refractivity contribution in [3.8, 4) is 5.69 Å². The first-order chi connectivity index (χ1) is 17.4. The fourth-order valence-electron chi connectivity index (χ4n) is 3.74. The molecule has 0 bridgehead atoms. The highest BCUT2D eigenvalue weighted by molar-refractivity contribution is 6.42. The molecule has 2 aromatic carbocycles. The Bertz CT molecular complexity index is 1260. The molecule has 0 fully saturated rings. The lowest BCUT2D eigenvalue weighted by atomic mass is 9.92. The Labute approximate surface area is 229 Å².